The maximum Gasteiger partial charge on any atom is 0.326 e. The quantitative estimate of drug-likeness (QED) is 0.880. The molecule has 4 rings (SSSR count). The number of hydrogen-bond donors (Lipinski definition) is 1. The predicted octanol–water partition coefficient (Wildman–Crippen LogP) is 3.97. The van der Waals surface area contributed by atoms with E-state index in [1.807, 2.05) is 29.9 Å². The van der Waals surface area contributed by atoms with Crippen molar-refractivity contribution in [2.24, 2.45) is 0 Å². The zero-order chi connectivity index (χ0) is 18.3. The first-order valence-electron chi connectivity index (χ1n) is 9.68. The Labute approximate surface area is 159 Å². The van der Waals surface area contributed by atoms with E-state index in [9.17, 15) is 4.79 Å². The molecule has 142 valence electrons. The number of rotatable bonds is 3. The van der Waals surface area contributed by atoms with Crippen LogP contribution < -0.4 is 5.69 Å². The summed E-state index contributed by atoms with van der Waals surface area (Å²) >= 11 is 6.06. The lowest BCUT2D eigenvalue weighted by Crippen LogP contribution is -2.52. The zero-order valence-corrected chi connectivity index (χ0v) is 16.4. The molecule has 26 heavy (non-hydrogen) atoms. The third kappa shape index (κ3) is 3.21. The number of piperidine rings is 1. The largest absolute Gasteiger partial charge is 0.381 e. The lowest BCUT2D eigenvalue weighted by atomic mass is 9.79. The molecule has 0 radical (unpaired) electrons. The van der Waals surface area contributed by atoms with Crippen molar-refractivity contribution in [1.82, 2.24) is 14.5 Å². The minimum absolute atomic E-state index is 0.0208. The summed E-state index contributed by atoms with van der Waals surface area (Å²) in [6, 6.07) is 5.90. The van der Waals surface area contributed by atoms with Crippen molar-refractivity contribution < 1.29 is 4.74 Å². The Morgan fingerprint density at radius 1 is 1.19 bits per heavy atom. The molecule has 2 fully saturated rings. The molecular weight excluding hydrogens is 350 g/mol. The monoisotopic (exact) mass is 377 g/mol. The van der Waals surface area contributed by atoms with Crippen molar-refractivity contribution in [3.05, 3.63) is 33.7 Å². The zero-order valence-electron chi connectivity index (χ0n) is 15.6. The van der Waals surface area contributed by atoms with E-state index in [0.29, 0.717) is 11.1 Å². The number of imidazole rings is 1. The van der Waals surface area contributed by atoms with Gasteiger partial charge < -0.3 is 9.72 Å². The van der Waals surface area contributed by atoms with Crippen LogP contribution in [0.15, 0.2) is 23.0 Å². The number of ether oxygens (including phenoxy) is 1. The normalized spacial score (nSPS) is 28.7. The van der Waals surface area contributed by atoms with Crippen molar-refractivity contribution in [1.29, 1.82) is 0 Å². The maximum atomic E-state index is 12.5. The van der Waals surface area contributed by atoms with E-state index in [0.717, 1.165) is 49.8 Å². The molecule has 1 saturated heterocycles. The smallest absolute Gasteiger partial charge is 0.326 e. The number of likely N-dealkylation sites (tertiary alicyclic amines) is 1. The van der Waals surface area contributed by atoms with Gasteiger partial charge in [-0.25, -0.2) is 4.79 Å². The summed E-state index contributed by atoms with van der Waals surface area (Å²) in [7, 11) is 1.82. The molecule has 2 heterocycles. The number of fused-ring (bicyclic) bond motifs is 1. The van der Waals surface area contributed by atoms with Crippen LogP contribution in [-0.4, -0.2) is 46.3 Å². The fourth-order valence-electron chi connectivity index (χ4n) is 4.89. The van der Waals surface area contributed by atoms with Crippen molar-refractivity contribution in [2.45, 2.75) is 63.1 Å². The summed E-state index contributed by atoms with van der Waals surface area (Å²) in [6.07, 6.45) is 7.14. The van der Waals surface area contributed by atoms with Gasteiger partial charge in [-0.05, 0) is 63.6 Å². The Morgan fingerprint density at radius 3 is 2.54 bits per heavy atom. The fraction of sp³-hybridized carbons (Fsp3) is 0.650. The van der Waals surface area contributed by atoms with Gasteiger partial charge in [0.2, 0.25) is 0 Å². The Morgan fingerprint density at radius 2 is 1.88 bits per heavy atom. The SMILES string of the molecule is COC1CCC(C)(N2CCC(n3c(=O)[nH]c4cc(Cl)ccc43)CC2)CC1. The number of nitrogens with zero attached hydrogens (tertiary/aromatic N) is 2. The number of aromatic nitrogens is 2. The van der Waals surface area contributed by atoms with Gasteiger partial charge in [0.15, 0.2) is 0 Å². The molecule has 6 heteroatoms. The Balaban J connectivity index is 1.48. The van der Waals surface area contributed by atoms with Crippen LogP contribution in [0, 0.1) is 0 Å². The van der Waals surface area contributed by atoms with Gasteiger partial charge in [-0.3, -0.25) is 9.47 Å². The first-order valence-corrected chi connectivity index (χ1v) is 10.1. The second kappa shape index (κ2) is 7.02. The number of nitrogens with one attached hydrogen (secondary N) is 1. The van der Waals surface area contributed by atoms with E-state index in [4.69, 9.17) is 16.3 Å². The van der Waals surface area contributed by atoms with E-state index in [-0.39, 0.29) is 17.3 Å². The molecule has 1 N–H and O–H groups in total. The Bertz CT molecular complexity index is 827. The van der Waals surface area contributed by atoms with Gasteiger partial charge in [0.05, 0.1) is 17.1 Å². The van der Waals surface area contributed by atoms with Crippen LogP contribution >= 0.6 is 11.6 Å². The van der Waals surface area contributed by atoms with Crippen molar-refractivity contribution in [2.75, 3.05) is 20.2 Å². The number of hydrogen-bond acceptors (Lipinski definition) is 3. The molecule has 1 aromatic carbocycles. The lowest BCUT2D eigenvalue weighted by Gasteiger charge is -2.48. The molecule has 0 amide bonds. The van der Waals surface area contributed by atoms with E-state index >= 15 is 0 Å². The maximum absolute atomic E-state index is 12.5. The first kappa shape index (κ1) is 18.1. The van der Waals surface area contributed by atoms with Crippen LogP contribution in [0.1, 0.15) is 51.5 Å². The second-order valence-electron chi connectivity index (χ2n) is 8.11. The highest BCUT2D eigenvalue weighted by Gasteiger charge is 2.38. The molecule has 0 unspecified atom stereocenters. The second-order valence-corrected chi connectivity index (χ2v) is 8.55. The van der Waals surface area contributed by atoms with Crippen molar-refractivity contribution >= 4 is 22.6 Å². The highest BCUT2D eigenvalue weighted by molar-refractivity contribution is 6.31. The summed E-state index contributed by atoms with van der Waals surface area (Å²) in [4.78, 5) is 18.1. The summed E-state index contributed by atoms with van der Waals surface area (Å²) < 4.78 is 7.47. The molecule has 2 aliphatic rings. The number of aromatic amines is 1. The molecule has 1 aromatic heterocycles. The molecule has 2 aromatic rings. The number of H-pyrrole nitrogens is 1. The fourth-order valence-corrected chi connectivity index (χ4v) is 5.07. The molecule has 0 spiro atoms. The van der Waals surface area contributed by atoms with Crippen LogP contribution in [0.2, 0.25) is 5.02 Å². The minimum Gasteiger partial charge on any atom is -0.381 e. The molecule has 5 nitrogen and oxygen atoms in total. The van der Waals surface area contributed by atoms with Crippen LogP contribution in [0.4, 0.5) is 0 Å². The summed E-state index contributed by atoms with van der Waals surface area (Å²) in [5, 5.41) is 0.653. The van der Waals surface area contributed by atoms with E-state index in [2.05, 4.69) is 16.8 Å². The molecule has 0 atom stereocenters. The molecular formula is C20H28ClN3O2. The first-order chi connectivity index (χ1) is 12.5. The number of benzene rings is 1. The minimum atomic E-state index is -0.0208. The number of methoxy groups -OCH3 is 1. The highest BCUT2D eigenvalue weighted by Crippen LogP contribution is 2.37. The van der Waals surface area contributed by atoms with Gasteiger partial charge in [-0.2, -0.15) is 0 Å². The van der Waals surface area contributed by atoms with E-state index < -0.39 is 0 Å². The molecule has 1 saturated carbocycles. The third-order valence-corrected chi connectivity index (χ3v) is 6.85. The topological polar surface area (TPSA) is 50.3 Å². The van der Waals surface area contributed by atoms with Gasteiger partial charge in [0.25, 0.3) is 0 Å². The van der Waals surface area contributed by atoms with Crippen LogP contribution in [0.3, 0.4) is 0 Å². The third-order valence-electron chi connectivity index (χ3n) is 6.61. The molecule has 1 aliphatic carbocycles. The van der Waals surface area contributed by atoms with Gasteiger partial charge in [-0.1, -0.05) is 11.6 Å². The van der Waals surface area contributed by atoms with Crippen molar-refractivity contribution in [3.8, 4) is 0 Å². The predicted molar refractivity (Wildman–Crippen MR) is 105 cm³/mol. The number of halogens is 1. The van der Waals surface area contributed by atoms with Gasteiger partial charge in [0.1, 0.15) is 0 Å². The van der Waals surface area contributed by atoms with Crippen LogP contribution in [0.25, 0.3) is 11.0 Å². The van der Waals surface area contributed by atoms with Gasteiger partial charge >= 0.3 is 5.69 Å². The Kier molecular flexibility index (Phi) is 4.88. The molecule has 1 aliphatic heterocycles. The summed E-state index contributed by atoms with van der Waals surface area (Å²) in [6.45, 7) is 4.50. The summed E-state index contributed by atoms with van der Waals surface area (Å²) in [5.41, 5.74) is 2.05. The van der Waals surface area contributed by atoms with Gasteiger partial charge in [0, 0.05) is 36.8 Å². The van der Waals surface area contributed by atoms with E-state index in [1.165, 1.54) is 12.8 Å². The van der Waals surface area contributed by atoms with Crippen LogP contribution in [0.5, 0.6) is 0 Å². The lowest BCUT2D eigenvalue weighted by molar-refractivity contribution is -0.0146. The van der Waals surface area contributed by atoms with Crippen LogP contribution in [-0.2, 0) is 4.74 Å². The van der Waals surface area contributed by atoms with Crippen molar-refractivity contribution in [3.63, 3.8) is 0 Å². The average Bonchev–Trinajstić information content (AvgIpc) is 2.97. The average molecular weight is 378 g/mol. The molecule has 0 bridgehead atoms. The Hall–Kier alpha value is -1.30. The van der Waals surface area contributed by atoms with Gasteiger partial charge in [-0.15, -0.1) is 0 Å². The summed E-state index contributed by atoms with van der Waals surface area (Å²) in [5.74, 6) is 0. The standard InChI is InChI=1S/C20H28ClN3O2/c1-20(9-5-16(26-2)6-10-20)23-11-7-15(8-12-23)24-18-4-3-14(21)13-17(18)22-19(24)25/h3-4,13,15-16H,5-12H2,1-2H3,(H,22,25). The highest BCUT2D eigenvalue weighted by atomic mass is 35.5. The van der Waals surface area contributed by atoms with E-state index in [1.54, 1.807) is 0 Å².